The summed E-state index contributed by atoms with van der Waals surface area (Å²) in [5, 5.41) is 3.97. The zero-order chi connectivity index (χ0) is 19.9. The van der Waals surface area contributed by atoms with Crippen LogP contribution in [0.5, 0.6) is 5.75 Å². The van der Waals surface area contributed by atoms with E-state index in [1.165, 1.54) is 6.21 Å². The molecule has 0 atom stereocenters. The zero-order valence-corrected chi connectivity index (χ0v) is 18.2. The van der Waals surface area contributed by atoms with Crippen LogP contribution < -0.4 is 10.2 Å². The smallest absolute Gasteiger partial charge is 0.343 e. The van der Waals surface area contributed by atoms with Crippen molar-refractivity contribution in [2.24, 2.45) is 5.10 Å². The summed E-state index contributed by atoms with van der Waals surface area (Å²) in [5.41, 5.74) is 4.27. The third kappa shape index (κ3) is 5.49. The molecule has 0 saturated carbocycles. The second-order valence-corrected chi connectivity index (χ2v) is 7.73. The average molecular weight is 549 g/mol. The lowest BCUT2D eigenvalue weighted by Gasteiger charge is -2.05. The van der Waals surface area contributed by atoms with Crippen LogP contribution in [-0.4, -0.2) is 18.1 Å². The molecule has 140 valence electrons. The molecule has 1 N–H and O–H groups in total. The minimum Gasteiger partial charge on any atom is -0.423 e. The van der Waals surface area contributed by atoms with Crippen molar-refractivity contribution in [3.05, 3.63) is 97.5 Å². The van der Waals surface area contributed by atoms with Gasteiger partial charge in [-0.3, -0.25) is 4.79 Å². The first-order chi connectivity index (χ1) is 13.5. The summed E-state index contributed by atoms with van der Waals surface area (Å²) < 4.78 is 7.01. The molecular formula is C21H14BrIN2O3. The van der Waals surface area contributed by atoms with E-state index in [2.05, 4.69) is 49.0 Å². The molecule has 0 aromatic heterocycles. The molecule has 0 heterocycles. The molecule has 0 radical (unpaired) electrons. The van der Waals surface area contributed by atoms with E-state index >= 15 is 0 Å². The summed E-state index contributed by atoms with van der Waals surface area (Å²) in [5.74, 6) is -0.293. The average Bonchev–Trinajstić information content (AvgIpc) is 2.69. The standard InChI is InChI=1S/C21H14BrIN2O3/c22-16-5-3-4-15(12-16)21(27)28-17-10-8-14(9-11-17)13-24-25-20(26)18-6-1-2-7-19(18)23/h1-13H,(H,25,26)/b24-13-. The molecule has 0 spiro atoms. The van der Waals surface area contributed by atoms with Crippen molar-refractivity contribution in [1.29, 1.82) is 0 Å². The Bertz CT molecular complexity index is 1040. The van der Waals surface area contributed by atoms with Crippen LogP contribution in [0, 0.1) is 3.57 Å². The van der Waals surface area contributed by atoms with Crippen LogP contribution in [0.1, 0.15) is 26.3 Å². The highest BCUT2D eigenvalue weighted by Crippen LogP contribution is 2.16. The SMILES string of the molecule is O=C(Oc1ccc(/C=N\NC(=O)c2ccccc2I)cc1)c1cccc(Br)c1. The summed E-state index contributed by atoms with van der Waals surface area (Å²) in [6, 6.07) is 21.1. The van der Waals surface area contributed by atoms with Crippen molar-refractivity contribution in [2.75, 3.05) is 0 Å². The highest BCUT2D eigenvalue weighted by molar-refractivity contribution is 14.1. The van der Waals surface area contributed by atoms with Gasteiger partial charge in [0.05, 0.1) is 17.3 Å². The van der Waals surface area contributed by atoms with Crippen molar-refractivity contribution in [3.8, 4) is 5.75 Å². The molecule has 3 rings (SSSR count). The van der Waals surface area contributed by atoms with Crippen molar-refractivity contribution in [2.45, 2.75) is 0 Å². The topological polar surface area (TPSA) is 67.8 Å². The Morgan fingerprint density at radius 2 is 1.75 bits per heavy atom. The molecule has 0 aliphatic rings. The number of nitrogens with zero attached hydrogens (tertiary/aromatic N) is 1. The number of rotatable bonds is 5. The van der Waals surface area contributed by atoms with E-state index in [4.69, 9.17) is 4.74 Å². The molecule has 7 heteroatoms. The predicted octanol–water partition coefficient (Wildman–Crippen LogP) is 5.04. The molecule has 5 nitrogen and oxygen atoms in total. The number of hydrazone groups is 1. The first-order valence-corrected chi connectivity index (χ1v) is 10.1. The Morgan fingerprint density at radius 3 is 2.46 bits per heavy atom. The fourth-order valence-corrected chi connectivity index (χ4v) is 3.31. The summed E-state index contributed by atoms with van der Waals surface area (Å²) >= 11 is 5.43. The van der Waals surface area contributed by atoms with Crippen LogP contribution in [0.15, 0.2) is 82.4 Å². The third-order valence-electron chi connectivity index (χ3n) is 3.65. The first kappa shape index (κ1) is 20.2. The Labute approximate surface area is 184 Å². The van der Waals surface area contributed by atoms with E-state index in [-0.39, 0.29) is 5.91 Å². The Kier molecular flexibility index (Phi) is 6.94. The van der Waals surface area contributed by atoms with E-state index < -0.39 is 5.97 Å². The van der Waals surface area contributed by atoms with Gasteiger partial charge >= 0.3 is 5.97 Å². The number of esters is 1. The first-order valence-electron chi connectivity index (χ1n) is 8.19. The van der Waals surface area contributed by atoms with Crippen molar-refractivity contribution < 1.29 is 14.3 Å². The number of amides is 1. The fraction of sp³-hybridized carbons (Fsp3) is 0. The van der Waals surface area contributed by atoms with Gasteiger partial charge in [-0.15, -0.1) is 0 Å². The molecule has 0 aliphatic heterocycles. The van der Waals surface area contributed by atoms with Crippen LogP contribution in [0.4, 0.5) is 0 Å². The lowest BCUT2D eigenvalue weighted by Crippen LogP contribution is -2.18. The second-order valence-electron chi connectivity index (χ2n) is 5.65. The van der Waals surface area contributed by atoms with Gasteiger partial charge in [0.25, 0.3) is 5.91 Å². The van der Waals surface area contributed by atoms with Gasteiger partial charge in [0, 0.05) is 8.04 Å². The normalized spacial score (nSPS) is 10.6. The molecule has 28 heavy (non-hydrogen) atoms. The number of carbonyl (C=O) groups is 2. The Balaban J connectivity index is 1.58. The van der Waals surface area contributed by atoms with Crippen molar-refractivity contribution in [3.63, 3.8) is 0 Å². The Hall–Kier alpha value is -2.52. The van der Waals surface area contributed by atoms with E-state index in [1.807, 2.05) is 18.2 Å². The van der Waals surface area contributed by atoms with Gasteiger partial charge in [-0.05, 0) is 82.8 Å². The van der Waals surface area contributed by atoms with Crippen molar-refractivity contribution >= 4 is 56.6 Å². The zero-order valence-electron chi connectivity index (χ0n) is 14.4. The lowest BCUT2D eigenvalue weighted by atomic mass is 10.2. The quantitative estimate of drug-likeness (QED) is 0.160. The van der Waals surface area contributed by atoms with Gasteiger partial charge in [0.1, 0.15) is 5.75 Å². The summed E-state index contributed by atoms with van der Waals surface area (Å²) in [7, 11) is 0. The van der Waals surface area contributed by atoms with Gasteiger partial charge in [0.2, 0.25) is 0 Å². The maximum Gasteiger partial charge on any atom is 0.343 e. The van der Waals surface area contributed by atoms with Crippen LogP contribution in [0.2, 0.25) is 0 Å². The monoisotopic (exact) mass is 548 g/mol. The second kappa shape index (κ2) is 9.61. The number of hydrogen-bond acceptors (Lipinski definition) is 4. The maximum atomic E-state index is 12.1. The molecule has 0 saturated heterocycles. The molecule has 3 aromatic carbocycles. The third-order valence-corrected chi connectivity index (χ3v) is 5.08. The summed E-state index contributed by atoms with van der Waals surface area (Å²) in [4.78, 5) is 24.2. The molecule has 0 aliphatic carbocycles. The highest BCUT2D eigenvalue weighted by atomic mass is 127. The maximum absolute atomic E-state index is 12.1. The number of halogens is 2. The van der Waals surface area contributed by atoms with Crippen LogP contribution in [-0.2, 0) is 0 Å². The molecule has 1 amide bonds. The summed E-state index contributed by atoms with van der Waals surface area (Å²) in [6.07, 6.45) is 1.52. The number of benzene rings is 3. The highest BCUT2D eigenvalue weighted by Gasteiger charge is 2.09. The van der Waals surface area contributed by atoms with E-state index in [1.54, 1.807) is 54.6 Å². The minimum atomic E-state index is -0.438. The lowest BCUT2D eigenvalue weighted by molar-refractivity contribution is 0.0734. The number of hydrogen-bond donors (Lipinski definition) is 1. The summed E-state index contributed by atoms with van der Waals surface area (Å²) in [6.45, 7) is 0. The van der Waals surface area contributed by atoms with Gasteiger partial charge in [-0.2, -0.15) is 5.10 Å². The van der Waals surface area contributed by atoms with Crippen molar-refractivity contribution in [1.82, 2.24) is 5.43 Å². The largest absolute Gasteiger partial charge is 0.423 e. The number of carbonyl (C=O) groups excluding carboxylic acids is 2. The van der Waals surface area contributed by atoms with Crippen LogP contribution >= 0.6 is 38.5 Å². The van der Waals surface area contributed by atoms with E-state index in [9.17, 15) is 9.59 Å². The van der Waals surface area contributed by atoms with Gasteiger partial charge in [-0.1, -0.05) is 34.1 Å². The minimum absolute atomic E-state index is 0.277. The number of ether oxygens (including phenoxy) is 1. The van der Waals surface area contributed by atoms with Gasteiger partial charge < -0.3 is 4.74 Å². The van der Waals surface area contributed by atoms with Gasteiger partial charge in [0.15, 0.2) is 0 Å². The molecule has 0 bridgehead atoms. The molecule has 0 unspecified atom stereocenters. The predicted molar refractivity (Wildman–Crippen MR) is 120 cm³/mol. The molecular weight excluding hydrogens is 535 g/mol. The van der Waals surface area contributed by atoms with Crippen LogP contribution in [0.3, 0.4) is 0 Å². The fourth-order valence-electron chi connectivity index (χ4n) is 2.27. The van der Waals surface area contributed by atoms with Crippen LogP contribution in [0.25, 0.3) is 0 Å². The Morgan fingerprint density at radius 1 is 1.00 bits per heavy atom. The molecule has 0 fully saturated rings. The molecule has 3 aromatic rings. The van der Waals surface area contributed by atoms with E-state index in [0.29, 0.717) is 16.9 Å². The van der Waals surface area contributed by atoms with E-state index in [0.717, 1.165) is 13.6 Å². The number of nitrogens with one attached hydrogen (secondary N) is 1. The van der Waals surface area contributed by atoms with Gasteiger partial charge in [-0.25, -0.2) is 10.2 Å².